The van der Waals surface area contributed by atoms with E-state index in [9.17, 15) is 0 Å². The van der Waals surface area contributed by atoms with Crippen LogP contribution in [-0.2, 0) is 11.3 Å². The van der Waals surface area contributed by atoms with Crippen LogP contribution in [0.3, 0.4) is 0 Å². The van der Waals surface area contributed by atoms with Gasteiger partial charge in [-0.1, -0.05) is 0 Å². The van der Waals surface area contributed by atoms with E-state index < -0.39 is 0 Å². The first-order valence-corrected chi connectivity index (χ1v) is 5.34. The van der Waals surface area contributed by atoms with E-state index >= 15 is 0 Å². The van der Waals surface area contributed by atoms with Crippen molar-refractivity contribution >= 4 is 22.6 Å². The van der Waals surface area contributed by atoms with E-state index in [1.807, 2.05) is 12.1 Å². The van der Waals surface area contributed by atoms with Crippen molar-refractivity contribution in [2.75, 3.05) is 20.3 Å². The van der Waals surface area contributed by atoms with Crippen molar-refractivity contribution in [3.05, 3.63) is 21.7 Å². The molecule has 1 N–H and O–H groups in total. The molecule has 0 aromatic carbocycles. The van der Waals surface area contributed by atoms with Crippen LogP contribution in [0.4, 0.5) is 0 Å². The van der Waals surface area contributed by atoms with Gasteiger partial charge in [0.25, 0.3) is 0 Å². The Labute approximate surface area is 92.0 Å². The summed E-state index contributed by atoms with van der Waals surface area (Å²) < 4.78 is 11.3. The Balaban J connectivity index is 2.06. The second kappa shape index (κ2) is 6.39. The summed E-state index contributed by atoms with van der Waals surface area (Å²) >= 11 is 2.16. The van der Waals surface area contributed by atoms with Crippen molar-refractivity contribution in [1.82, 2.24) is 5.32 Å². The van der Waals surface area contributed by atoms with Gasteiger partial charge in [0, 0.05) is 13.7 Å². The summed E-state index contributed by atoms with van der Waals surface area (Å²) in [4.78, 5) is 0. The largest absolute Gasteiger partial charge is 0.454 e. The second-order valence-electron chi connectivity index (χ2n) is 2.73. The molecule has 0 aliphatic rings. The molecule has 0 amide bonds. The Bertz CT molecular complexity index is 237. The van der Waals surface area contributed by atoms with Gasteiger partial charge in [-0.2, -0.15) is 0 Å². The highest BCUT2D eigenvalue weighted by molar-refractivity contribution is 14.1. The molecule has 1 rings (SSSR count). The standard InChI is InChI=1S/C9H14INO2/c1-12-6-2-5-11-7-8-3-4-9(10)13-8/h3-4,11H,2,5-7H2,1H3. The monoisotopic (exact) mass is 295 g/mol. The topological polar surface area (TPSA) is 34.4 Å². The van der Waals surface area contributed by atoms with Crippen LogP contribution < -0.4 is 5.32 Å². The van der Waals surface area contributed by atoms with Gasteiger partial charge in [0.15, 0.2) is 3.77 Å². The lowest BCUT2D eigenvalue weighted by molar-refractivity contribution is 0.194. The quantitative estimate of drug-likeness (QED) is 0.644. The number of nitrogens with one attached hydrogen (secondary N) is 1. The fourth-order valence-electron chi connectivity index (χ4n) is 1.000. The van der Waals surface area contributed by atoms with Crippen LogP contribution in [0.15, 0.2) is 16.5 Å². The van der Waals surface area contributed by atoms with Crippen LogP contribution >= 0.6 is 22.6 Å². The van der Waals surface area contributed by atoms with Gasteiger partial charge in [-0.3, -0.25) is 0 Å². The first-order valence-electron chi connectivity index (χ1n) is 4.27. The maximum Gasteiger partial charge on any atom is 0.164 e. The minimum absolute atomic E-state index is 0.798. The number of hydrogen-bond donors (Lipinski definition) is 1. The summed E-state index contributed by atoms with van der Waals surface area (Å²) in [6, 6.07) is 3.96. The number of hydrogen-bond acceptors (Lipinski definition) is 3. The second-order valence-corrected chi connectivity index (χ2v) is 3.79. The summed E-state index contributed by atoms with van der Waals surface area (Å²) in [5.41, 5.74) is 0. The number of methoxy groups -OCH3 is 1. The third-order valence-electron chi connectivity index (χ3n) is 1.63. The van der Waals surface area contributed by atoms with Crippen LogP contribution in [0, 0.1) is 3.77 Å². The molecular formula is C9H14INO2. The lowest BCUT2D eigenvalue weighted by Gasteiger charge is -2.01. The van der Waals surface area contributed by atoms with Gasteiger partial charge in [0.1, 0.15) is 5.76 Å². The van der Waals surface area contributed by atoms with Gasteiger partial charge >= 0.3 is 0 Å². The van der Waals surface area contributed by atoms with Gasteiger partial charge in [-0.05, 0) is 47.7 Å². The fraction of sp³-hybridized carbons (Fsp3) is 0.556. The smallest absolute Gasteiger partial charge is 0.164 e. The Morgan fingerprint density at radius 2 is 2.38 bits per heavy atom. The molecule has 0 atom stereocenters. The molecule has 13 heavy (non-hydrogen) atoms. The van der Waals surface area contributed by atoms with Crippen LogP contribution in [0.5, 0.6) is 0 Å². The van der Waals surface area contributed by atoms with Gasteiger partial charge in [-0.25, -0.2) is 0 Å². The maximum atomic E-state index is 5.38. The Morgan fingerprint density at radius 1 is 1.54 bits per heavy atom. The minimum atomic E-state index is 0.798. The van der Waals surface area contributed by atoms with Crippen LogP contribution in [0.25, 0.3) is 0 Å². The highest BCUT2D eigenvalue weighted by atomic mass is 127. The molecule has 1 heterocycles. The molecule has 0 aliphatic heterocycles. The van der Waals surface area contributed by atoms with Crippen LogP contribution in [0.2, 0.25) is 0 Å². The van der Waals surface area contributed by atoms with Gasteiger partial charge in [0.05, 0.1) is 6.54 Å². The Morgan fingerprint density at radius 3 is 3.00 bits per heavy atom. The highest BCUT2D eigenvalue weighted by Gasteiger charge is 1.97. The lowest BCUT2D eigenvalue weighted by atomic mass is 10.4. The van der Waals surface area contributed by atoms with E-state index in [2.05, 4.69) is 27.9 Å². The third kappa shape index (κ3) is 4.64. The normalized spacial score (nSPS) is 10.6. The first kappa shape index (κ1) is 11.0. The van der Waals surface area contributed by atoms with E-state index in [-0.39, 0.29) is 0 Å². The molecule has 0 saturated heterocycles. The maximum absolute atomic E-state index is 5.38. The molecule has 0 aliphatic carbocycles. The zero-order valence-electron chi connectivity index (χ0n) is 7.68. The van der Waals surface area contributed by atoms with Crippen LogP contribution in [-0.4, -0.2) is 20.3 Å². The van der Waals surface area contributed by atoms with Gasteiger partial charge in [-0.15, -0.1) is 0 Å². The number of halogens is 1. The van der Waals surface area contributed by atoms with Crippen molar-refractivity contribution in [2.45, 2.75) is 13.0 Å². The Hall–Kier alpha value is -0.0700. The van der Waals surface area contributed by atoms with E-state index in [0.29, 0.717) is 0 Å². The zero-order valence-corrected chi connectivity index (χ0v) is 9.84. The average molecular weight is 295 g/mol. The number of rotatable bonds is 6. The molecule has 3 nitrogen and oxygen atoms in total. The van der Waals surface area contributed by atoms with Crippen molar-refractivity contribution < 1.29 is 9.15 Å². The molecule has 0 bridgehead atoms. The number of ether oxygens (including phenoxy) is 1. The molecule has 0 radical (unpaired) electrons. The molecule has 0 unspecified atom stereocenters. The van der Waals surface area contributed by atoms with E-state index in [0.717, 1.165) is 35.6 Å². The first-order chi connectivity index (χ1) is 6.33. The van der Waals surface area contributed by atoms with E-state index in [1.165, 1.54) is 0 Å². The summed E-state index contributed by atoms with van der Waals surface area (Å²) in [6.45, 7) is 2.57. The molecule has 0 saturated carbocycles. The fourth-order valence-corrected chi connectivity index (χ4v) is 1.46. The van der Waals surface area contributed by atoms with Crippen molar-refractivity contribution in [2.24, 2.45) is 0 Å². The van der Waals surface area contributed by atoms with Gasteiger partial charge in [0.2, 0.25) is 0 Å². The van der Waals surface area contributed by atoms with Crippen molar-refractivity contribution in [3.8, 4) is 0 Å². The molecule has 1 aromatic rings. The minimum Gasteiger partial charge on any atom is -0.454 e. The lowest BCUT2D eigenvalue weighted by Crippen LogP contribution is -2.15. The van der Waals surface area contributed by atoms with Crippen LogP contribution in [0.1, 0.15) is 12.2 Å². The van der Waals surface area contributed by atoms with E-state index in [1.54, 1.807) is 7.11 Å². The van der Waals surface area contributed by atoms with Crippen molar-refractivity contribution in [3.63, 3.8) is 0 Å². The third-order valence-corrected chi connectivity index (χ3v) is 2.21. The predicted octanol–water partition coefficient (Wildman–Crippen LogP) is 2.01. The number of furan rings is 1. The zero-order chi connectivity index (χ0) is 9.52. The molecular weight excluding hydrogens is 281 g/mol. The summed E-state index contributed by atoms with van der Waals surface area (Å²) in [7, 11) is 1.72. The highest BCUT2D eigenvalue weighted by Crippen LogP contribution is 2.09. The summed E-state index contributed by atoms with van der Waals surface area (Å²) in [6.07, 6.45) is 1.04. The molecule has 0 fully saturated rings. The Kier molecular flexibility index (Phi) is 5.41. The van der Waals surface area contributed by atoms with Gasteiger partial charge < -0.3 is 14.5 Å². The van der Waals surface area contributed by atoms with Crippen molar-refractivity contribution in [1.29, 1.82) is 0 Å². The predicted molar refractivity (Wildman–Crippen MR) is 59.6 cm³/mol. The average Bonchev–Trinajstić information content (AvgIpc) is 2.51. The molecule has 1 aromatic heterocycles. The molecule has 74 valence electrons. The SMILES string of the molecule is COCCCNCc1ccc(I)o1. The molecule has 0 spiro atoms. The molecule has 4 heteroatoms. The summed E-state index contributed by atoms with van der Waals surface area (Å²) in [5, 5.41) is 3.27. The van der Waals surface area contributed by atoms with E-state index in [4.69, 9.17) is 9.15 Å². The summed E-state index contributed by atoms with van der Waals surface area (Å²) in [5.74, 6) is 0.988.